The highest BCUT2D eigenvalue weighted by Gasteiger charge is 2.48. The monoisotopic (exact) mass is 396 g/mol. The van der Waals surface area contributed by atoms with Gasteiger partial charge in [-0.1, -0.05) is 18.2 Å². The predicted octanol–water partition coefficient (Wildman–Crippen LogP) is 2.89. The molecular formula is C22H28N4O3. The number of hydrogen-bond acceptors (Lipinski definition) is 4. The van der Waals surface area contributed by atoms with Gasteiger partial charge < -0.3 is 14.5 Å². The number of benzene rings is 1. The number of amides is 2. The number of rotatable bonds is 3. The normalized spacial score (nSPS) is 22.9. The maximum absolute atomic E-state index is 13.6. The SMILES string of the molecule is CC(C)n1ccc(C(=O)N2CCOC3(CCCCN(c4ccccc4)C3=O)C2)n1. The van der Waals surface area contributed by atoms with Crippen LogP contribution in [0.4, 0.5) is 5.69 Å². The van der Waals surface area contributed by atoms with Gasteiger partial charge >= 0.3 is 0 Å². The fraction of sp³-hybridized carbons (Fsp3) is 0.500. The van der Waals surface area contributed by atoms with E-state index < -0.39 is 5.60 Å². The molecule has 1 atom stereocenters. The summed E-state index contributed by atoms with van der Waals surface area (Å²) in [5.74, 6) is -0.193. The van der Waals surface area contributed by atoms with E-state index in [0.29, 0.717) is 31.8 Å². The lowest BCUT2D eigenvalue weighted by Crippen LogP contribution is -2.61. The summed E-state index contributed by atoms with van der Waals surface area (Å²) in [5, 5.41) is 4.41. The molecule has 154 valence electrons. The summed E-state index contributed by atoms with van der Waals surface area (Å²) in [4.78, 5) is 30.2. The first kappa shape index (κ1) is 19.6. The summed E-state index contributed by atoms with van der Waals surface area (Å²) in [6.07, 6.45) is 4.25. The summed E-state index contributed by atoms with van der Waals surface area (Å²) in [6.45, 7) is 5.79. The summed E-state index contributed by atoms with van der Waals surface area (Å²) < 4.78 is 7.87. The van der Waals surface area contributed by atoms with Crippen LogP contribution in [-0.4, -0.2) is 58.3 Å². The minimum absolute atomic E-state index is 0.0496. The first-order valence-corrected chi connectivity index (χ1v) is 10.4. The zero-order chi connectivity index (χ0) is 20.4. The third kappa shape index (κ3) is 3.79. The van der Waals surface area contributed by atoms with Gasteiger partial charge in [-0.15, -0.1) is 0 Å². The third-order valence-corrected chi connectivity index (χ3v) is 5.74. The van der Waals surface area contributed by atoms with Crippen LogP contribution < -0.4 is 4.90 Å². The van der Waals surface area contributed by atoms with E-state index in [0.717, 1.165) is 18.5 Å². The zero-order valence-electron chi connectivity index (χ0n) is 17.1. The lowest BCUT2D eigenvalue weighted by molar-refractivity contribution is -0.155. The summed E-state index contributed by atoms with van der Waals surface area (Å²) in [5.41, 5.74) is 0.305. The molecule has 1 aromatic heterocycles. The van der Waals surface area contributed by atoms with Crippen molar-refractivity contribution in [2.45, 2.75) is 44.8 Å². The molecule has 1 aromatic carbocycles. The van der Waals surface area contributed by atoms with E-state index in [1.165, 1.54) is 0 Å². The Morgan fingerprint density at radius 1 is 1.14 bits per heavy atom. The van der Waals surface area contributed by atoms with E-state index in [4.69, 9.17) is 4.74 Å². The Morgan fingerprint density at radius 3 is 2.66 bits per heavy atom. The van der Waals surface area contributed by atoms with Crippen LogP contribution in [0.3, 0.4) is 0 Å². The number of carbonyl (C=O) groups excluding carboxylic acids is 2. The quantitative estimate of drug-likeness (QED) is 0.800. The van der Waals surface area contributed by atoms with Crippen molar-refractivity contribution < 1.29 is 14.3 Å². The molecule has 2 aliphatic rings. The Bertz CT molecular complexity index is 879. The van der Waals surface area contributed by atoms with E-state index in [1.807, 2.05) is 55.3 Å². The van der Waals surface area contributed by atoms with Crippen molar-refractivity contribution in [3.8, 4) is 0 Å². The molecule has 0 bridgehead atoms. The molecule has 3 heterocycles. The molecule has 2 fully saturated rings. The molecule has 7 nitrogen and oxygen atoms in total. The van der Waals surface area contributed by atoms with Crippen molar-refractivity contribution in [1.29, 1.82) is 0 Å². The molecular weight excluding hydrogens is 368 g/mol. The van der Waals surface area contributed by atoms with Crippen molar-refractivity contribution in [1.82, 2.24) is 14.7 Å². The number of hydrogen-bond donors (Lipinski definition) is 0. The molecule has 0 N–H and O–H groups in total. The summed E-state index contributed by atoms with van der Waals surface area (Å²) >= 11 is 0. The first-order valence-electron chi connectivity index (χ1n) is 10.4. The fourth-order valence-corrected chi connectivity index (χ4v) is 4.13. The Balaban J connectivity index is 1.57. The van der Waals surface area contributed by atoms with Crippen molar-refractivity contribution in [3.63, 3.8) is 0 Å². The van der Waals surface area contributed by atoms with Crippen LogP contribution in [0.1, 0.15) is 49.6 Å². The number of anilines is 1. The smallest absolute Gasteiger partial charge is 0.274 e. The molecule has 4 rings (SSSR count). The Hall–Kier alpha value is -2.67. The van der Waals surface area contributed by atoms with Crippen LogP contribution in [0.2, 0.25) is 0 Å². The van der Waals surface area contributed by atoms with Crippen LogP contribution in [0.15, 0.2) is 42.6 Å². The maximum Gasteiger partial charge on any atom is 0.274 e. The summed E-state index contributed by atoms with van der Waals surface area (Å²) in [7, 11) is 0. The average molecular weight is 396 g/mol. The van der Waals surface area contributed by atoms with Crippen LogP contribution in [0.25, 0.3) is 0 Å². The summed E-state index contributed by atoms with van der Waals surface area (Å²) in [6, 6.07) is 11.6. The second-order valence-electron chi connectivity index (χ2n) is 8.09. The number of ether oxygens (including phenoxy) is 1. The van der Waals surface area contributed by atoms with Crippen molar-refractivity contribution in [2.24, 2.45) is 0 Å². The van der Waals surface area contributed by atoms with Gasteiger partial charge in [-0.3, -0.25) is 14.3 Å². The standard InChI is InChI=1S/C22H28N4O3/c1-17(2)26-13-10-19(23-26)20(27)24-14-15-29-22(16-24)11-6-7-12-25(21(22)28)18-8-4-3-5-9-18/h3-5,8-10,13,17H,6-7,11-12,14-16H2,1-2H3. The van der Waals surface area contributed by atoms with E-state index in [2.05, 4.69) is 5.10 Å². The molecule has 1 spiro atoms. The Morgan fingerprint density at radius 2 is 1.93 bits per heavy atom. The van der Waals surface area contributed by atoms with Gasteiger partial charge in [-0.25, -0.2) is 0 Å². The van der Waals surface area contributed by atoms with E-state index >= 15 is 0 Å². The van der Waals surface area contributed by atoms with Gasteiger partial charge in [0.15, 0.2) is 5.60 Å². The van der Waals surface area contributed by atoms with Crippen molar-refractivity contribution >= 4 is 17.5 Å². The van der Waals surface area contributed by atoms with Crippen LogP contribution in [0.5, 0.6) is 0 Å². The predicted molar refractivity (Wildman–Crippen MR) is 110 cm³/mol. The van der Waals surface area contributed by atoms with E-state index in [9.17, 15) is 9.59 Å². The minimum Gasteiger partial charge on any atom is -0.361 e. The second kappa shape index (κ2) is 7.99. The number of carbonyl (C=O) groups is 2. The average Bonchev–Trinajstić information content (AvgIpc) is 3.19. The molecule has 7 heteroatoms. The highest BCUT2D eigenvalue weighted by atomic mass is 16.5. The fourth-order valence-electron chi connectivity index (χ4n) is 4.13. The Labute approximate surface area is 171 Å². The minimum atomic E-state index is -0.985. The van der Waals surface area contributed by atoms with E-state index in [1.54, 1.807) is 15.6 Å². The van der Waals surface area contributed by atoms with Crippen molar-refractivity contribution in [3.05, 3.63) is 48.3 Å². The van der Waals surface area contributed by atoms with Gasteiger partial charge in [-0.2, -0.15) is 5.10 Å². The van der Waals surface area contributed by atoms with Crippen LogP contribution in [-0.2, 0) is 9.53 Å². The van der Waals surface area contributed by atoms with Gasteiger partial charge in [0.2, 0.25) is 0 Å². The maximum atomic E-state index is 13.6. The highest BCUT2D eigenvalue weighted by molar-refractivity contribution is 6.01. The van der Waals surface area contributed by atoms with Gasteiger partial charge in [0.05, 0.1) is 13.2 Å². The molecule has 2 amide bonds. The van der Waals surface area contributed by atoms with Crippen molar-refractivity contribution in [2.75, 3.05) is 31.1 Å². The topological polar surface area (TPSA) is 67.7 Å². The number of morpholine rings is 1. The van der Waals surface area contributed by atoms with Crippen LogP contribution in [0, 0.1) is 0 Å². The largest absolute Gasteiger partial charge is 0.361 e. The lowest BCUT2D eigenvalue weighted by Gasteiger charge is -2.42. The molecule has 1 unspecified atom stereocenters. The molecule has 2 aromatic rings. The van der Waals surface area contributed by atoms with E-state index in [-0.39, 0.29) is 24.4 Å². The second-order valence-corrected chi connectivity index (χ2v) is 8.09. The first-order chi connectivity index (χ1) is 14.0. The van der Waals surface area contributed by atoms with Gasteiger partial charge in [0.1, 0.15) is 5.69 Å². The molecule has 0 aliphatic carbocycles. The lowest BCUT2D eigenvalue weighted by atomic mass is 9.93. The number of aromatic nitrogens is 2. The third-order valence-electron chi connectivity index (χ3n) is 5.74. The van der Waals surface area contributed by atoms with Gasteiger partial charge in [0.25, 0.3) is 11.8 Å². The zero-order valence-corrected chi connectivity index (χ0v) is 17.1. The highest BCUT2D eigenvalue weighted by Crippen LogP contribution is 2.32. The molecule has 0 radical (unpaired) electrons. The molecule has 29 heavy (non-hydrogen) atoms. The molecule has 2 saturated heterocycles. The Kier molecular flexibility index (Phi) is 5.41. The number of nitrogens with zero attached hydrogens (tertiary/aromatic N) is 4. The number of para-hydroxylation sites is 1. The van der Waals surface area contributed by atoms with Crippen LogP contribution >= 0.6 is 0 Å². The van der Waals surface area contributed by atoms with Gasteiger partial charge in [-0.05, 0) is 51.3 Å². The van der Waals surface area contributed by atoms with Gasteiger partial charge in [0, 0.05) is 31.0 Å². The molecule has 2 aliphatic heterocycles. The molecule has 0 saturated carbocycles.